The summed E-state index contributed by atoms with van der Waals surface area (Å²) in [6.45, 7) is 1.57. The van der Waals surface area contributed by atoms with E-state index in [1.807, 2.05) is 0 Å². The van der Waals surface area contributed by atoms with Crippen molar-refractivity contribution in [1.82, 2.24) is 4.90 Å². The summed E-state index contributed by atoms with van der Waals surface area (Å²) in [5, 5.41) is 10.8. The number of rotatable bonds is 6. The number of halogens is 1. The molecule has 6 nitrogen and oxygen atoms in total. The fourth-order valence-electron chi connectivity index (χ4n) is 2.12. The predicted octanol–water partition coefficient (Wildman–Crippen LogP) is 3.33. The van der Waals surface area contributed by atoms with E-state index in [0.717, 1.165) is 0 Å². The second-order valence-electron chi connectivity index (χ2n) is 5.28. The number of nitro groups is 1. The molecule has 0 aliphatic rings. The Morgan fingerprint density at radius 2 is 1.96 bits per heavy atom. The van der Waals surface area contributed by atoms with Gasteiger partial charge in [-0.3, -0.25) is 14.9 Å². The summed E-state index contributed by atoms with van der Waals surface area (Å²) < 4.78 is 18.1. The Labute approximate surface area is 138 Å². The van der Waals surface area contributed by atoms with Gasteiger partial charge in [0.15, 0.2) is 6.61 Å². The van der Waals surface area contributed by atoms with Gasteiger partial charge in [0.1, 0.15) is 11.6 Å². The predicted molar refractivity (Wildman–Crippen MR) is 86.2 cm³/mol. The number of ether oxygens (including phenoxy) is 1. The number of benzene rings is 2. The largest absolute Gasteiger partial charge is 0.484 e. The van der Waals surface area contributed by atoms with Crippen molar-refractivity contribution in [1.29, 1.82) is 0 Å². The highest BCUT2D eigenvalue weighted by atomic mass is 19.1. The van der Waals surface area contributed by atoms with Crippen LogP contribution in [-0.4, -0.2) is 29.4 Å². The maximum absolute atomic E-state index is 12.8. The Bertz CT molecular complexity index is 734. The summed E-state index contributed by atoms with van der Waals surface area (Å²) in [6, 6.07) is 11.2. The normalized spacial score (nSPS) is 11.6. The van der Waals surface area contributed by atoms with Gasteiger partial charge in [0, 0.05) is 19.2 Å². The van der Waals surface area contributed by atoms with Gasteiger partial charge in [-0.05, 0) is 36.8 Å². The lowest BCUT2D eigenvalue weighted by Crippen LogP contribution is -2.33. The van der Waals surface area contributed by atoms with Gasteiger partial charge in [-0.2, -0.15) is 0 Å². The highest BCUT2D eigenvalue weighted by molar-refractivity contribution is 5.78. The van der Waals surface area contributed by atoms with E-state index in [9.17, 15) is 19.3 Å². The van der Waals surface area contributed by atoms with Gasteiger partial charge in [0.2, 0.25) is 0 Å². The molecule has 2 aromatic rings. The van der Waals surface area contributed by atoms with Crippen molar-refractivity contribution in [2.24, 2.45) is 0 Å². The van der Waals surface area contributed by atoms with Crippen LogP contribution in [0.3, 0.4) is 0 Å². The van der Waals surface area contributed by atoms with Crippen LogP contribution in [0.4, 0.5) is 10.1 Å². The third-order valence-electron chi connectivity index (χ3n) is 3.71. The number of nitro benzene ring substituents is 1. The van der Waals surface area contributed by atoms with Crippen molar-refractivity contribution in [3.05, 3.63) is 70.0 Å². The van der Waals surface area contributed by atoms with Crippen LogP contribution in [0.15, 0.2) is 48.5 Å². The second-order valence-corrected chi connectivity index (χ2v) is 5.28. The van der Waals surface area contributed by atoms with Crippen LogP contribution in [0.25, 0.3) is 0 Å². The highest BCUT2D eigenvalue weighted by Gasteiger charge is 2.19. The third-order valence-corrected chi connectivity index (χ3v) is 3.71. The highest BCUT2D eigenvalue weighted by Crippen LogP contribution is 2.23. The van der Waals surface area contributed by atoms with E-state index in [2.05, 4.69) is 0 Å². The van der Waals surface area contributed by atoms with Crippen molar-refractivity contribution in [2.45, 2.75) is 13.0 Å². The molecule has 0 saturated carbocycles. The number of carbonyl (C=O) groups excluding carboxylic acids is 1. The average molecular weight is 332 g/mol. The number of amides is 1. The SMILES string of the molecule is C[C@@H](c1cccc([N+](=O)[O-])c1)N(C)C(=O)COc1ccc(F)cc1. The topological polar surface area (TPSA) is 72.7 Å². The molecule has 0 radical (unpaired) electrons. The number of non-ortho nitro benzene ring substituents is 1. The molecule has 0 fully saturated rings. The smallest absolute Gasteiger partial charge is 0.269 e. The summed E-state index contributed by atoms with van der Waals surface area (Å²) >= 11 is 0. The molecule has 2 aromatic carbocycles. The Morgan fingerprint density at radius 1 is 1.29 bits per heavy atom. The molecule has 1 amide bonds. The van der Waals surface area contributed by atoms with Gasteiger partial charge in [-0.25, -0.2) is 4.39 Å². The average Bonchev–Trinajstić information content (AvgIpc) is 2.59. The second kappa shape index (κ2) is 7.54. The van der Waals surface area contributed by atoms with E-state index in [1.54, 1.807) is 26.1 Å². The summed E-state index contributed by atoms with van der Waals surface area (Å²) in [4.78, 5) is 24.0. The van der Waals surface area contributed by atoms with Crippen LogP contribution in [0.5, 0.6) is 5.75 Å². The maximum Gasteiger partial charge on any atom is 0.269 e. The Hall–Kier alpha value is -2.96. The van der Waals surface area contributed by atoms with Crippen molar-refractivity contribution in [3.8, 4) is 5.75 Å². The first kappa shape index (κ1) is 17.4. The van der Waals surface area contributed by atoms with Crippen molar-refractivity contribution in [3.63, 3.8) is 0 Å². The summed E-state index contributed by atoms with van der Waals surface area (Å²) in [5.41, 5.74) is 0.629. The number of likely N-dealkylation sites (N-methyl/N-ethyl adjacent to an activating group) is 1. The minimum atomic E-state index is -0.477. The summed E-state index contributed by atoms with van der Waals surface area (Å²) in [7, 11) is 1.60. The Kier molecular flexibility index (Phi) is 5.47. The minimum Gasteiger partial charge on any atom is -0.484 e. The molecule has 0 aliphatic heterocycles. The van der Waals surface area contributed by atoms with Crippen LogP contribution in [0, 0.1) is 15.9 Å². The molecule has 2 rings (SSSR count). The van der Waals surface area contributed by atoms with E-state index in [-0.39, 0.29) is 30.1 Å². The van der Waals surface area contributed by atoms with Gasteiger partial charge in [0.25, 0.3) is 11.6 Å². The molecule has 0 spiro atoms. The fourth-order valence-corrected chi connectivity index (χ4v) is 2.12. The molecule has 126 valence electrons. The first-order valence-electron chi connectivity index (χ1n) is 7.27. The molecular formula is C17H17FN2O4. The van der Waals surface area contributed by atoms with Gasteiger partial charge in [-0.1, -0.05) is 12.1 Å². The van der Waals surface area contributed by atoms with Gasteiger partial charge in [0.05, 0.1) is 11.0 Å². The monoisotopic (exact) mass is 332 g/mol. The van der Waals surface area contributed by atoms with Crippen molar-refractivity contribution < 1.29 is 18.8 Å². The van der Waals surface area contributed by atoms with Crippen LogP contribution < -0.4 is 4.74 Å². The molecule has 24 heavy (non-hydrogen) atoms. The standard InChI is InChI=1S/C17H17FN2O4/c1-12(13-4-3-5-15(10-13)20(22)23)19(2)17(21)11-24-16-8-6-14(18)7-9-16/h3-10,12H,11H2,1-2H3/t12-/m0/s1. The lowest BCUT2D eigenvalue weighted by atomic mass is 10.1. The molecule has 0 aromatic heterocycles. The van der Waals surface area contributed by atoms with Crippen LogP contribution in [0.2, 0.25) is 0 Å². The van der Waals surface area contributed by atoms with E-state index >= 15 is 0 Å². The van der Waals surface area contributed by atoms with Crippen molar-refractivity contribution >= 4 is 11.6 Å². The molecule has 0 aliphatic carbocycles. The van der Waals surface area contributed by atoms with E-state index in [4.69, 9.17) is 4.74 Å². The molecule has 0 heterocycles. The third kappa shape index (κ3) is 4.28. The number of hydrogen-bond donors (Lipinski definition) is 0. The van der Waals surface area contributed by atoms with E-state index < -0.39 is 4.92 Å². The number of carbonyl (C=O) groups is 1. The summed E-state index contributed by atoms with van der Waals surface area (Å²) in [6.07, 6.45) is 0. The molecule has 7 heteroatoms. The van der Waals surface area contributed by atoms with E-state index in [0.29, 0.717) is 11.3 Å². The minimum absolute atomic E-state index is 0.0252. The first-order chi connectivity index (χ1) is 11.4. The lowest BCUT2D eigenvalue weighted by molar-refractivity contribution is -0.384. The van der Waals surface area contributed by atoms with Gasteiger partial charge >= 0.3 is 0 Å². The molecule has 0 bridgehead atoms. The van der Waals surface area contributed by atoms with Crippen LogP contribution in [-0.2, 0) is 4.79 Å². The zero-order valence-electron chi connectivity index (χ0n) is 13.3. The Morgan fingerprint density at radius 3 is 2.58 bits per heavy atom. The molecule has 1 atom stereocenters. The van der Waals surface area contributed by atoms with Gasteiger partial charge < -0.3 is 9.64 Å². The number of hydrogen-bond acceptors (Lipinski definition) is 4. The number of nitrogens with zero attached hydrogens (tertiary/aromatic N) is 2. The fraction of sp³-hybridized carbons (Fsp3) is 0.235. The lowest BCUT2D eigenvalue weighted by Gasteiger charge is -2.25. The van der Waals surface area contributed by atoms with Gasteiger partial charge in [-0.15, -0.1) is 0 Å². The zero-order valence-corrected chi connectivity index (χ0v) is 13.3. The molecule has 0 N–H and O–H groups in total. The zero-order chi connectivity index (χ0) is 17.7. The van der Waals surface area contributed by atoms with E-state index in [1.165, 1.54) is 41.3 Å². The van der Waals surface area contributed by atoms with Crippen LogP contribution in [0.1, 0.15) is 18.5 Å². The van der Waals surface area contributed by atoms with Crippen LogP contribution >= 0.6 is 0 Å². The maximum atomic E-state index is 12.8. The molecule has 0 unspecified atom stereocenters. The Balaban J connectivity index is 2.00. The quantitative estimate of drug-likeness (QED) is 0.601. The first-order valence-corrected chi connectivity index (χ1v) is 7.27. The molecular weight excluding hydrogens is 315 g/mol. The summed E-state index contributed by atoms with van der Waals surface area (Å²) in [5.74, 6) is -0.287. The van der Waals surface area contributed by atoms with Crippen molar-refractivity contribution in [2.75, 3.05) is 13.7 Å². The molecule has 0 saturated heterocycles.